The van der Waals surface area contributed by atoms with Crippen LogP contribution in [-0.4, -0.2) is 26.7 Å². The van der Waals surface area contributed by atoms with Crippen LogP contribution in [0.3, 0.4) is 0 Å². The lowest BCUT2D eigenvalue weighted by Gasteiger charge is -2.21. The molecule has 1 aliphatic heterocycles. The molecule has 0 spiro atoms. The fourth-order valence-electron chi connectivity index (χ4n) is 13.5. The zero-order chi connectivity index (χ0) is 57.2. The molecule has 1 aliphatic rings. The minimum atomic E-state index is -3.03. The second-order valence-electron chi connectivity index (χ2n) is 21.9. The molecule has 0 fully saturated rings. The molecule has 404 valence electrons. The molecule has 15 aromatic rings. The van der Waals surface area contributed by atoms with E-state index < -0.39 is 7.40 Å². The van der Waals surface area contributed by atoms with Gasteiger partial charge in [0.15, 0.2) is 0 Å². The summed E-state index contributed by atoms with van der Waals surface area (Å²) in [6.45, 7) is 0. The SMILES string of the molecule is FB(F)n1c(/C(=C2\N=C(c3ccccc3)C(c3ccc4c(c3)c3ccccc3n4-c3ccccc3)=C2c2ccccc2)c2cccc3ccccc23)c(-c2ccccc2)c(-c2ccc3c(c2)c2ccccc2n3-c2ccccc2)c1-c1ccccc1. The van der Waals surface area contributed by atoms with Crippen LogP contribution in [0.15, 0.2) is 320 Å². The molecule has 0 N–H and O–H groups in total. The average molecular weight is 1110 g/mol. The molecule has 0 unspecified atom stereocenters. The van der Waals surface area contributed by atoms with E-state index in [4.69, 9.17) is 4.99 Å². The first kappa shape index (κ1) is 50.6. The molecule has 0 saturated carbocycles. The number of rotatable bonds is 11. The van der Waals surface area contributed by atoms with Crippen molar-refractivity contribution in [1.82, 2.24) is 13.6 Å². The van der Waals surface area contributed by atoms with Crippen LogP contribution in [0.25, 0.3) is 116 Å². The summed E-state index contributed by atoms with van der Waals surface area (Å²) in [7, 11) is -3.03. The van der Waals surface area contributed by atoms with E-state index in [1.54, 1.807) is 0 Å². The number of fused-ring (bicyclic) bond motifs is 7. The smallest absolute Gasteiger partial charge is 0.324 e. The van der Waals surface area contributed by atoms with Crippen LogP contribution in [0.4, 0.5) is 8.63 Å². The van der Waals surface area contributed by atoms with Gasteiger partial charge in [-0.1, -0.05) is 249 Å². The topological polar surface area (TPSA) is 27.1 Å². The normalized spacial score (nSPS) is 13.2. The van der Waals surface area contributed by atoms with Crippen LogP contribution in [0.2, 0.25) is 0 Å². The Bertz CT molecular complexity index is 5210. The highest BCUT2D eigenvalue weighted by molar-refractivity contribution is 6.45. The molecule has 0 atom stereocenters. The minimum absolute atomic E-state index is 0.352. The summed E-state index contributed by atoms with van der Waals surface area (Å²) in [5.41, 5.74) is 17.8. The fourth-order valence-corrected chi connectivity index (χ4v) is 13.5. The van der Waals surface area contributed by atoms with Gasteiger partial charge in [-0.25, -0.2) is 4.99 Å². The van der Waals surface area contributed by atoms with Gasteiger partial charge in [-0.15, -0.1) is 0 Å². The summed E-state index contributed by atoms with van der Waals surface area (Å²) in [5.74, 6) is 0. The van der Waals surface area contributed by atoms with Crippen LogP contribution in [-0.2, 0) is 0 Å². The molecule has 4 nitrogen and oxygen atoms in total. The van der Waals surface area contributed by atoms with Crippen molar-refractivity contribution in [3.63, 3.8) is 0 Å². The van der Waals surface area contributed by atoms with E-state index >= 15 is 8.63 Å². The van der Waals surface area contributed by atoms with E-state index in [1.807, 2.05) is 103 Å². The average Bonchev–Trinajstić information content (AvgIpc) is 1.69. The molecule has 4 heterocycles. The number of aromatic nitrogens is 3. The number of hydrogen-bond acceptors (Lipinski definition) is 1. The third-order valence-electron chi connectivity index (χ3n) is 17.1. The van der Waals surface area contributed by atoms with Gasteiger partial charge in [0.05, 0.1) is 39.2 Å². The summed E-state index contributed by atoms with van der Waals surface area (Å²) in [4.78, 5) is 6.01. The van der Waals surface area contributed by atoms with Crippen LogP contribution in [0.5, 0.6) is 0 Å². The van der Waals surface area contributed by atoms with Crippen molar-refractivity contribution < 1.29 is 8.63 Å². The van der Waals surface area contributed by atoms with Gasteiger partial charge < -0.3 is 13.6 Å². The lowest BCUT2D eigenvalue weighted by Crippen LogP contribution is -2.18. The number of benzene rings is 12. The van der Waals surface area contributed by atoms with Gasteiger partial charge in [0.2, 0.25) is 0 Å². The Morgan fingerprint density at radius 2 is 0.767 bits per heavy atom. The first-order valence-electron chi connectivity index (χ1n) is 29.1. The maximum Gasteiger partial charge on any atom is 0.678 e. The number of aliphatic imine (C=N–C) groups is 1. The third kappa shape index (κ3) is 8.22. The van der Waals surface area contributed by atoms with E-state index in [0.717, 1.165) is 116 Å². The maximum atomic E-state index is 17.9. The standard InChI is InChI=1S/C79H51BF2N4/c81-80(82)86-78(56-33-13-4-14-34-56)74(58-47-49-70-66(51-58)63-42-22-24-45-68(63)85(70)60-38-17-6-18-39-60)73(54-29-9-2-10-30-54)79(86)75(64-43-25-35-52-26-19-20-40-61(52)64)77-71(53-27-7-1-8-28-53)72(76(83-77)55-31-11-3-12-32-55)57-46-48-69-65(50-57)62-41-21-23-44-67(62)84(69)59-36-15-5-16-37-59/h1-51H/b77-75-. The highest BCUT2D eigenvalue weighted by Crippen LogP contribution is 2.54. The Balaban J connectivity index is 1.10. The first-order chi connectivity index (χ1) is 42.6. The maximum absolute atomic E-state index is 17.9. The third-order valence-corrected chi connectivity index (χ3v) is 17.1. The molecule has 0 radical (unpaired) electrons. The molecule has 0 amide bonds. The number of hydrogen-bond donors (Lipinski definition) is 0. The molecule has 16 rings (SSSR count). The van der Waals surface area contributed by atoms with Crippen molar-refractivity contribution in [3.8, 4) is 44.9 Å². The first-order valence-corrected chi connectivity index (χ1v) is 29.1. The van der Waals surface area contributed by atoms with Gasteiger partial charge in [0.1, 0.15) is 0 Å². The molecule has 7 heteroatoms. The summed E-state index contributed by atoms with van der Waals surface area (Å²) in [5, 5.41) is 6.15. The van der Waals surface area contributed by atoms with Crippen molar-refractivity contribution >= 4 is 84.2 Å². The number of allylic oxidation sites excluding steroid dienone is 2. The van der Waals surface area contributed by atoms with Crippen LogP contribution >= 0.6 is 0 Å². The van der Waals surface area contributed by atoms with Crippen molar-refractivity contribution in [2.75, 3.05) is 0 Å². The lowest BCUT2D eigenvalue weighted by atomic mass is 9.84. The van der Waals surface area contributed by atoms with Gasteiger partial charge in [0.25, 0.3) is 0 Å². The predicted octanol–water partition coefficient (Wildman–Crippen LogP) is 20.5. The predicted molar refractivity (Wildman–Crippen MR) is 355 cm³/mol. The van der Waals surface area contributed by atoms with E-state index in [2.05, 4.69) is 215 Å². The highest BCUT2D eigenvalue weighted by atomic mass is 19.2. The Hall–Kier alpha value is -11.1. The summed E-state index contributed by atoms with van der Waals surface area (Å²) < 4.78 is 41.8. The number of nitrogens with zero attached hydrogens (tertiary/aromatic N) is 4. The molecule has 0 aliphatic carbocycles. The molecule has 86 heavy (non-hydrogen) atoms. The van der Waals surface area contributed by atoms with Crippen molar-refractivity contribution in [2.45, 2.75) is 0 Å². The van der Waals surface area contributed by atoms with Crippen molar-refractivity contribution in [2.24, 2.45) is 4.99 Å². The second kappa shape index (κ2) is 20.9. The van der Waals surface area contributed by atoms with E-state index in [9.17, 15) is 0 Å². The molecule has 12 aromatic carbocycles. The summed E-state index contributed by atoms with van der Waals surface area (Å²) >= 11 is 0. The minimum Gasteiger partial charge on any atom is -0.324 e. The number of para-hydroxylation sites is 4. The zero-order valence-electron chi connectivity index (χ0n) is 46.6. The molecule has 3 aromatic heterocycles. The molecule has 0 bridgehead atoms. The monoisotopic (exact) mass is 1100 g/mol. The van der Waals surface area contributed by atoms with E-state index in [1.165, 1.54) is 4.48 Å². The summed E-state index contributed by atoms with van der Waals surface area (Å²) in [6.07, 6.45) is 0. The Labute approximate surface area is 496 Å². The largest absolute Gasteiger partial charge is 0.678 e. The fraction of sp³-hybridized carbons (Fsp3) is 0. The van der Waals surface area contributed by atoms with Crippen LogP contribution in [0, 0.1) is 0 Å². The second-order valence-corrected chi connectivity index (χ2v) is 21.9. The highest BCUT2D eigenvalue weighted by Gasteiger charge is 2.39. The van der Waals surface area contributed by atoms with Crippen LogP contribution in [0.1, 0.15) is 27.9 Å². The lowest BCUT2D eigenvalue weighted by molar-refractivity contribution is 0.630. The Morgan fingerprint density at radius 1 is 0.326 bits per heavy atom. The van der Waals surface area contributed by atoms with Crippen LogP contribution < -0.4 is 0 Å². The van der Waals surface area contributed by atoms with Gasteiger partial charge in [-0.05, 0) is 105 Å². The van der Waals surface area contributed by atoms with Crippen molar-refractivity contribution in [1.29, 1.82) is 0 Å². The Kier molecular flexibility index (Phi) is 12.3. The van der Waals surface area contributed by atoms with Crippen molar-refractivity contribution in [3.05, 3.63) is 343 Å². The quantitative estimate of drug-likeness (QED) is 0.115. The van der Waals surface area contributed by atoms with Gasteiger partial charge in [-0.3, -0.25) is 8.63 Å². The zero-order valence-corrected chi connectivity index (χ0v) is 46.6. The van der Waals surface area contributed by atoms with E-state index in [-0.39, 0.29) is 0 Å². The summed E-state index contributed by atoms with van der Waals surface area (Å²) in [6, 6.07) is 106. The van der Waals surface area contributed by atoms with Gasteiger partial charge >= 0.3 is 7.40 Å². The number of halogens is 2. The van der Waals surface area contributed by atoms with Gasteiger partial charge in [-0.2, -0.15) is 0 Å². The molecule has 0 saturated heterocycles. The molecular formula is C79H51BF2N4. The Morgan fingerprint density at radius 3 is 1.34 bits per heavy atom. The molecular weight excluding hydrogens is 1050 g/mol. The van der Waals surface area contributed by atoms with Gasteiger partial charge in [0, 0.05) is 72.0 Å². The van der Waals surface area contributed by atoms with E-state index in [0.29, 0.717) is 39.3 Å².